The Morgan fingerprint density at radius 3 is 2.21 bits per heavy atom. The largest absolute Gasteiger partial charge is 0.466 e. The van der Waals surface area contributed by atoms with Crippen LogP contribution in [0.15, 0.2) is 83.4 Å². The molecule has 4 aromatic rings. The number of rotatable bonds is 10. The molecule has 0 saturated heterocycles. The Hall–Kier alpha value is -3.31. The van der Waals surface area contributed by atoms with E-state index in [4.69, 9.17) is 9.26 Å². The number of benzene rings is 3. The highest BCUT2D eigenvalue weighted by atomic mass is 32.2. The van der Waals surface area contributed by atoms with Gasteiger partial charge in [0, 0.05) is 16.9 Å². The molecule has 3 aromatic carbocycles. The smallest absolute Gasteiger partial charge is 0.310 e. The summed E-state index contributed by atoms with van der Waals surface area (Å²) in [6.07, 6.45) is 1.35. The first-order chi connectivity index (χ1) is 16.6. The summed E-state index contributed by atoms with van der Waals surface area (Å²) in [5.41, 5.74) is 7.66. The second-order valence-electron chi connectivity index (χ2n) is 8.12. The summed E-state index contributed by atoms with van der Waals surface area (Å²) in [5, 5.41) is 4.23. The van der Waals surface area contributed by atoms with E-state index in [0.29, 0.717) is 13.0 Å². The van der Waals surface area contributed by atoms with Crippen molar-refractivity contribution in [2.75, 3.05) is 12.4 Å². The van der Waals surface area contributed by atoms with Gasteiger partial charge in [0.15, 0.2) is 5.76 Å². The first-order valence-corrected chi connectivity index (χ1v) is 12.7. The van der Waals surface area contributed by atoms with E-state index in [0.717, 1.165) is 57.2 Å². The number of carbonyl (C=O) groups excluding carboxylic acids is 1. The summed E-state index contributed by atoms with van der Waals surface area (Å²) in [5.74, 6) is 2.58. The van der Waals surface area contributed by atoms with Gasteiger partial charge in [-0.15, -0.1) is 0 Å². The zero-order chi connectivity index (χ0) is 23.8. The van der Waals surface area contributed by atoms with Crippen molar-refractivity contribution in [3.63, 3.8) is 0 Å². The molecular weight excluding hydrogens is 442 g/mol. The summed E-state index contributed by atoms with van der Waals surface area (Å²) in [7, 11) is 0. The predicted octanol–water partition coefficient (Wildman–Crippen LogP) is 6.90. The molecule has 174 valence electrons. The van der Waals surface area contributed by atoms with Crippen LogP contribution in [0.25, 0.3) is 22.5 Å². The van der Waals surface area contributed by atoms with Crippen molar-refractivity contribution in [1.29, 1.82) is 0 Å². The molecule has 1 heterocycles. The van der Waals surface area contributed by atoms with Crippen LogP contribution in [0.5, 0.6) is 0 Å². The fraction of sp³-hybridized carbons (Fsp3) is 0.241. The first kappa shape index (κ1) is 23.8. The van der Waals surface area contributed by atoms with Crippen molar-refractivity contribution in [3.8, 4) is 22.5 Å². The highest BCUT2D eigenvalue weighted by Crippen LogP contribution is 2.31. The average Bonchev–Trinajstić information content (AvgIpc) is 3.23. The van der Waals surface area contributed by atoms with Crippen LogP contribution >= 0.6 is 11.8 Å². The average molecular weight is 472 g/mol. The molecule has 0 fully saturated rings. The molecule has 0 spiro atoms. The topological polar surface area (TPSA) is 52.3 Å². The van der Waals surface area contributed by atoms with E-state index in [-0.39, 0.29) is 5.97 Å². The minimum absolute atomic E-state index is 0.198. The minimum atomic E-state index is -0.198. The van der Waals surface area contributed by atoms with Gasteiger partial charge < -0.3 is 9.26 Å². The third kappa shape index (κ3) is 6.17. The quantitative estimate of drug-likeness (QED) is 0.186. The van der Waals surface area contributed by atoms with Gasteiger partial charge in [0.1, 0.15) is 0 Å². The molecule has 0 bridgehead atoms. The Kier molecular flexibility index (Phi) is 8.21. The van der Waals surface area contributed by atoms with Crippen LogP contribution in [0.3, 0.4) is 0 Å². The molecule has 0 aliphatic rings. The number of esters is 1. The van der Waals surface area contributed by atoms with Crippen LogP contribution in [0, 0.1) is 6.92 Å². The highest BCUT2D eigenvalue weighted by Gasteiger charge is 2.15. The maximum atomic E-state index is 11.7. The second-order valence-corrected chi connectivity index (χ2v) is 9.23. The van der Waals surface area contributed by atoms with Gasteiger partial charge in [-0.1, -0.05) is 84.0 Å². The molecule has 0 N–H and O–H groups in total. The molecule has 0 radical (unpaired) electrons. The number of hydrogen-bond acceptors (Lipinski definition) is 5. The van der Waals surface area contributed by atoms with Gasteiger partial charge in [-0.25, -0.2) is 0 Å². The van der Waals surface area contributed by atoms with E-state index in [1.807, 2.05) is 49.9 Å². The van der Waals surface area contributed by atoms with Gasteiger partial charge in [-0.05, 0) is 48.3 Å². The van der Waals surface area contributed by atoms with Crippen molar-refractivity contribution in [3.05, 3.63) is 101 Å². The molecule has 0 aliphatic heterocycles. The zero-order valence-electron chi connectivity index (χ0n) is 19.6. The molecule has 34 heavy (non-hydrogen) atoms. The molecule has 0 aliphatic carbocycles. The van der Waals surface area contributed by atoms with E-state index in [1.165, 1.54) is 5.56 Å². The summed E-state index contributed by atoms with van der Waals surface area (Å²) in [6.45, 7) is 4.23. The number of thioether (sulfide) groups is 1. The maximum Gasteiger partial charge on any atom is 0.310 e. The third-order valence-electron chi connectivity index (χ3n) is 5.70. The number of nitrogens with zero attached hydrogens (tertiary/aromatic N) is 1. The lowest BCUT2D eigenvalue weighted by molar-refractivity contribution is -0.142. The molecule has 0 amide bonds. The molecule has 4 nitrogen and oxygen atoms in total. The number of carbonyl (C=O) groups is 1. The minimum Gasteiger partial charge on any atom is -0.466 e. The lowest BCUT2D eigenvalue weighted by Crippen LogP contribution is -2.07. The molecule has 0 atom stereocenters. The Bertz CT molecular complexity index is 1200. The highest BCUT2D eigenvalue weighted by molar-refractivity contribution is 7.98. The molecule has 4 rings (SSSR count). The van der Waals surface area contributed by atoms with Crippen molar-refractivity contribution >= 4 is 17.7 Å². The molecule has 0 saturated carbocycles. The summed E-state index contributed by atoms with van der Waals surface area (Å²) >= 11 is 1.90. The van der Waals surface area contributed by atoms with Crippen LogP contribution in [0.2, 0.25) is 0 Å². The predicted molar refractivity (Wildman–Crippen MR) is 139 cm³/mol. The van der Waals surface area contributed by atoms with Crippen LogP contribution in [-0.2, 0) is 28.1 Å². The van der Waals surface area contributed by atoms with Gasteiger partial charge in [0.25, 0.3) is 0 Å². The van der Waals surface area contributed by atoms with Gasteiger partial charge >= 0.3 is 5.97 Å². The molecular formula is C29H29NO3S. The van der Waals surface area contributed by atoms with Crippen molar-refractivity contribution in [2.24, 2.45) is 0 Å². The fourth-order valence-corrected chi connectivity index (χ4v) is 4.87. The van der Waals surface area contributed by atoms with E-state index >= 15 is 0 Å². The van der Waals surface area contributed by atoms with Crippen molar-refractivity contribution in [2.45, 2.75) is 32.4 Å². The maximum absolute atomic E-state index is 11.7. The van der Waals surface area contributed by atoms with Crippen LogP contribution in [-0.4, -0.2) is 23.5 Å². The number of ether oxygens (including phenoxy) is 1. The molecule has 5 heteroatoms. The Morgan fingerprint density at radius 1 is 0.882 bits per heavy atom. The van der Waals surface area contributed by atoms with Gasteiger partial charge in [-0.2, -0.15) is 11.8 Å². The summed E-state index contributed by atoms with van der Waals surface area (Å²) < 4.78 is 10.7. The summed E-state index contributed by atoms with van der Waals surface area (Å²) in [6, 6.07) is 27.0. The second kappa shape index (κ2) is 11.7. The van der Waals surface area contributed by atoms with Crippen LogP contribution in [0.1, 0.15) is 29.3 Å². The molecule has 1 aromatic heterocycles. The lowest BCUT2D eigenvalue weighted by atomic mass is 10.00. The van der Waals surface area contributed by atoms with Crippen LogP contribution in [0.4, 0.5) is 0 Å². The number of hydrogen-bond donors (Lipinski definition) is 0. The zero-order valence-corrected chi connectivity index (χ0v) is 20.4. The van der Waals surface area contributed by atoms with E-state index < -0.39 is 0 Å². The van der Waals surface area contributed by atoms with Gasteiger partial charge in [0.2, 0.25) is 0 Å². The first-order valence-electron chi connectivity index (χ1n) is 11.6. The lowest BCUT2D eigenvalue weighted by Gasteiger charge is -2.07. The van der Waals surface area contributed by atoms with E-state index in [2.05, 4.69) is 59.8 Å². The fourth-order valence-electron chi connectivity index (χ4n) is 3.80. The Balaban J connectivity index is 1.39. The Labute approximate surface area is 205 Å². The van der Waals surface area contributed by atoms with Gasteiger partial charge in [0.05, 0.1) is 18.7 Å². The Morgan fingerprint density at radius 2 is 1.53 bits per heavy atom. The monoisotopic (exact) mass is 471 g/mol. The SMILES string of the molecule is CCOC(=O)Cc1ccc(-c2ccc(-c3onc(C)c3CSCCc3ccccc3)cc2)cc1. The number of aromatic nitrogens is 1. The summed E-state index contributed by atoms with van der Waals surface area (Å²) in [4.78, 5) is 11.7. The van der Waals surface area contributed by atoms with E-state index in [9.17, 15) is 4.79 Å². The normalized spacial score (nSPS) is 10.9. The van der Waals surface area contributed by atoms with Crippen molar-refractivity contribution in [1.82, 2.24) is 5.16 Å². The van der Waals surface area contributed by atoms with Crippen LogP contribution < -0.4 is 0 Å². The number of aryl methyl sites for hydroxylation is 2. The standard InChI is InChI=1S/C29H29NO3S/c1-3-32-28(31)19-23-9-11-24(12-10-23)25-13-15-26(16-14-25)29-27(21(2)30-33-29)20-34-18-17-22-7-5-4-6-8-22/h4-16H,3,17-20H2,1-2H3. The van der Waals surface area contributed by atoms with E-state index in [1.54, 1.807) is 0 Å². The molecule has 0 unspecified atom stereocenters. The third-order valence-corrected chi connectivity index (χ3v) is 6.68. The van der Waals surface area contributed by atoms with Gasteiger partial charge in [-0.3, -0.25) is 4.79 Å². The van der Waals surface area contributed by atoms with Crippen molar-refractivity contribution < 1.29 is 14.1 Å².